The minimum absolute atomic E-state index is 0.0692. The van der Waals surface area contributed by atoms with E-state index in [9.17, 15) is 4.89 Å². The number of rotatable bonds is 8. The third-order valence-corrected chi connectivity index (χ3v) is 6.32. The lowest BCUT2D eigenvalue weighted by molar-refractivity contribution is 0.283. The molecule has 0 atom stereocenters. The molecule has 0 aromatic heterocycles. The molecule has 0 spiro atoms. The van der Waals surface area contributed by atoms with Crippen molar-refractivity contribution in [2.24, 2.45) is 10.8 Å². The first-order valence-corrected chi connectivity index (χ1v) is 12.7. The second-order valence-electron chi connectivity index (χ2n) is 12.7. The lowest BCUT2D eigenvalue weighted by atomic mass is 9.72. The van der Waals surface area contributed by atoms with Crippen LogP contribution in [0, 0.1) is 10.8 Å². The van der Waals surface area contributed by atoms with Gasteiger partial charge in [0.25, 0.3) is 0 Å². The molecule has 0 aliphatic carbocycles. The SMILES string of the molecule is CC(C)(C)CC(C)(C)c1ccc(OP(O)Oc2ccc(C(C)(C)CC(C)(C)C)cc2)cc1. The summed E-state index contributed by atoms with van der Waals surface area (Å²) in [6.45, 7) is 22.7. The molecule has 0 amide bonds. The zero-order valence-corrected chi connectivity index (χ0v) is 22.6. The van der Waals surface area contributed by atoms with Gasteiger partial charge in [-0.1, -0.05) is 93.5 Å². The highest BCUT2D eigenvalue weighted by atomic mass is 31.2. The summed E-state index contributed by atoms with van der Waals surface area (Å²) in [6, 6.07) is 16.0. The molecule has 0 bridgehead atoms. The van der Waals surface area contributed by atoms with Crippen molar-refractivity contribution in [2.75, 3.05) is 0 Å². The van der Waals surface area contributed by atoms with E-state index in [2.05, 4.69) is 93.5 Å². The Balaban J connectivity index is 1.98. The third kappa shape index (κ3) is 8.41. The Morgan fingerprint density at radius 3 is 1.09 bits per heavy atom. The van der Waals surface area contributed by atoms with Gasteiger partial charge in [0, 0.05) is 0 Å². The quantitative estimate of drug-likeness (QED) is 0.402. The van der Waals surface area contributed by atoms with Crippen molar-refractivity contribution in [3.63, 3.8) is 0 Å². The maximum absolute atomic E-state index is 10.3. The maximum Gasteiger partial charge on any atom is 0.460 e. The van der Waals surface area contributed by atoms with Gasteiger partial charge in [0.15, 0.2) is 0 Å². The van der Waals surface area contributed by atoms with E-state index in [1.165, 1.54) is 11.1 Å². The molecule has 32 heavy (non-hydrogen) atoms. The predicted molar refractivity (Wildman–Crippen MR) is 137 cm³/mol. The lowest BCUT2D eigenvalue weighted by Gasteiger charge is -2.33. The minimum atomic E-state index is -2.05. The Morgan fingerprint density at radius 1 is 0.562 bits per heavy atom. The van der Waals surface area contributed by atoms with Crippen molar-refractivity contribution in [1.82, 2.24) is 0 Å². The summed E-state index contributed by atoms with van der Waals surface area (Å²) in [7, 11) is -2.05. The monoisotopic (exact) mass is 458 g/mol. The van der Waals surface area contributed by atoms with E-state index in [1.54, 1.807) is 0 Å². The smallest absolute Gasteiger partial charge is 0.418 e. The van der Waals surface area contributed by atoms with Crippen LogP contribution in [0.2, 0.25) is 0 Å². The second kappa shape index (κ2) is 9.74. The molecule has 0 saturated carbocycles. The van der Waals surface area contributed by atoms with Gasteiger partial charge in [-0.05, 0) is 69.9 Å². The summed E-state index contributed by atoms with van der Waals surface area (Å²) < 4.78 is 11.3. The van der Waals surface area contributed by atoms with Crippen molar-refractivity contribution in [3.05, 3.63) is 59.7 Å². The fourth-order valence-corrected chi connectivity index (χ4v) is 5.63. The van der Waals surface area contributed by atoms with E-state index in [0.717, 1.165) is 12.8 Å². The largest absolute Gasteiger partial charge is 0.460 e. The topological polar surface area (TPSA) is 38.7 Å². The van der Waals surface area contributed by atoms with Gasteiger partial charge in [0.1, 0.15) is 11.5 Å². The van der Waals surface area contributed by atoms with E-state index in [1.807, 2.05) is 24.3 Å². The molecule has 2 rings (SSSR count). The molecule has 0 aliphatic heterocycles. The summed E-state index contributed by atoms with van der Waals surface area (Å²) in [5, 5.41) is 0. The number of benzene rings is 2. The second-order valence-corrected chi connectivity index (χ2v) is 13.6. The van der Waals surface area contributed by atoms with Gasteiger partial charge in [-0.2, -0.15) is 0 Å². The van der Waals surface area contributed by atoms with Crippen LogP contribution in [0.15, 0.2) is 48.5 Å². The fourth-order valence-electron chi connectivity index (χ4n) is 4.99. The zero-order chi connectivity index (χ0) is 24.4. The Hall–Kier alpha value is -1.57. The summed E-state index contributed by atoms with van der Waals surface area (Å²) in [5.41, 5.74) is 3.17. The first-order valence-electron chi connectivity index (χ1n) is 11.5. The van der Waals surface area contributed by atoms with Gasteiger partial charge in [-0.3, -0.25) is 0 Å². The molecular formula is C28H43O3P. The molecule has 2 aromatic carbocycles. The number of hydrogen-bond donors (Lipinski definition) is 1. The summed E-state index contributed by atoms with van der Waals surface area (Å²) in [4.78, 5) is 10.3. The molecule has 4 heteroatoms. The molecule has 3 nitrogen and oxygen atoms in total. The molecular weight excluding hydrogens is 415 g/mol. The summed E-state index contributed by atoms with van der Waals surface area (Å²) in [6.07, 6.45) is 2.16. The average Bonchev–Trinajstić information content (AvgIpc) is 2.58. The van der Waals surface area contributed by atoms with Gasteiger partial charge in [-0.25, -0.2) is 0 Å². The van der Waals surface area contributed by atoms with Crippen molar-refractivity contribution in [1.29, 1.82) is 0 Å². The first-order chi connectivity index (χ1) is 14.5. The van der Waals surface area contributed by atoms with Gasteiger partial charge >= 0.3 is 8.60 Å². The number of hydrogen-bond acceptors (Lipinski definition) is 3. The molecule has 0 aliphatic rings. The molecule has 0 unspecified atom stereocenters. The van der Waals surface area contributed by atoms with Crippen molar-refractivity contribution < 1.29 is 13.9 Å². The van der Waals surface area contributed by atoms with E-state index >= 15 is 0 Å². The van der Waals surface area contributed by atoms with Gasteiger partial charge in [0.2, 0.25) is 0 Å². The van der Waals surface area contributed by atoms with Crippen LogP contribution >= 0.6 is 8.60 Å². The van der Waals surface area contributed by atoms with Crippen LogP contribution in [0.25, 0.3) is 0 Å². The van der Waals surface area contributed by atoms with Crippen LogP contribution in [0.1, 0.15) is 93.2 Å². The Labute approximate surface area is 197 Å². The Bertz CT molecular complexity index is 780. The molecule has 0 fully saturated rings. The minimum Gasteiger partial charge on any atom is -0.418 e. The third-order valence-electron chi connectivity index (χ3n) is 5.58. The highest BCUT2D eigenvalue weighted by Crippen LogP contribution is 2.41. The normalized spacial score (nSPS) is 13.4. The predicted octanol–water partition coefficient (Wildman–Crippen LogP) is 8.79. The molecule has 0 radical (unpaired) electrons. The van der Waals surface area contributed by atoms with Crippen molar-refractivity contribution in [3.8, 4) is 11.5 Å². The zero-order valence-electron chi connectivity index (χ0n) is 21.7. The van der Waals surface area contributed by atoms with E-state index in [4.69, 9.17) is 9.05 Å². The highest BCUT2D eigenvalue weighted by molar-refractivity contribution is 7.41. The molecule has 1 N–H and O–H groups in total. The van der Waals surface area contributed by atoms with E-state index in [-0.39, 0.29) is 21.7 Å². The average molecular weight is 459 g/mol. The van der Waals surface area contributed by atoms with Crippen LogP contribution in [0.4, 0.5) is 0 Å². The molecule has 0 heterocycles. The van der Waals surface area contributed by atoms with Crippen LogP contribution in [0.3, 0.4) is 0 Å². The van der Waals surface area contributed by atoms with Gasteiger partial charge in [0.05, 0.1) is 0 Å². The first kappa shape index (κ1) is 26.7. The van der Waals surface area contributed by atoms with Gasteiger partial charge < -0.3 is 13.9 Å². The molecule has 0 saturated heterocycles. The van der Waals surface area contributed by atoms with Crippen LogP contribution in [-0.2, 0) is 10.8 Å². The molecule has 2 aromatic rings. The Morgan fingerprint density at radius 2 is 0.844 bits per heavy atom. The maximum atomic E-state index is 10.3. The Kier molecular flexibility index (Phi) is 8.12. The summed E-state index contributed by atoms with van der Waals surface area (Å²) >= 11 is 0. The van der Waals surface area contributed by atoms with Crippen molar-refractivity contribution >= 4 is 8.60 Å². The summed E-state index contributed by atoms with van der Waals surface area (Å²) in [5.74, 6) is 1.22. The molecule has 178 valence electrons. The van der Waals surface area contributed by atoms with E-state index < -0.39 is 8.60 Å². The van der Waals surface area contributed by atoms with Crippen molar-refractivity contribution in [2.45, 2.75) is 92.9 Å². The fraction of sp³-hybridized carbons (Fsp3) is 0.571. The standard InChI is InChI=1S/C28H43O3P/c1-25(2,3)19-27(7,8)21-11-15-23(16-12-21)30-32(29)31-24-17-13-22(14-18-24)28(9,10)20-26(4,5)6/h11-18,29H,19-20H2,1-10H3. The van der Waals surface area contributed by atoms with Gasteiger partial charge in [-0.15, -0.1) is 0 Å². The van der Waals surface area contributed by atoms with Crippen LogP contribution < -0.4 is 9.05 Å². The van der Waals surface area contributed by atoms with Crippen LogP contribution in [0.5, 0.6) is 11.5 Å². The lowest BCUT2D eigenvalue weighted by Crippen LogP contribution is -2.24. The van der Waals surface area contributed by atoms with Crippen LogP contribution in [-0.4, -0.2) is 4.89 Å². The highest BCUT2D eigenvalue weighted by Gasteiger charge is 2.28. The van der Waals surface area contributed by atoms with E-state index in [0.29, 0.717) is 11.5 Å².